The Labute approximate surface area is 106 Å². The van der Waals surface area contributed by atoms with Gasteiger partial charge in [0.15, 0.2) is 0 Å². The first-order valence-corrected chi connectivity index (χ1v) is 5.89. The second kappa shape index (κ2) is 5.89. The van der Waals surface area contributed by atoms with Gasteiger partial charge < -0.3 is 16.8 Å². The molecule has 0 aliphatic heterocycles. The van der Waals surface area contributed by atoms with Crippen LogP contribution in [0, 0.1) is 5.92 Å². The molecule has 17 heavy (non-hydrogen) atoms. The van der Waals surface area contributed by atoms with Gasteiger partial charge in [0.1, 0.15) is 0 Å². The number of primary amides is 1. The maximum absolute atomic E-state index is 11.0. The molecule has 1 atom stereocenters. The van der Waals surface area contributed by atoms with E-state index < -0.39 is 5.91 Å². The lowest BCUT2D eigenvalue weighted by atomic mass is 10.0. The summed E-state index contributed by atoms with van der Waals surface area (Å²) in [7, 11) is 0. The molecule has 1 aromatic rings. The highest BCUT2D eigenvalue weighted by Crippen LogP contribution is 2.21. The van der Waals surface area contributed by atoms with Crippen molar-refractivity contribution >= 4 is 23.2 Å². The largest absolute Gasteiger partial charge is 0.381 e. The molecule has 0 bridgehead atoms. The number of carbonyl (C=O) groups is 1. The van der Waals surface area contributed by atoms with Crippen molar-refractivity contribution in [2.24, 2.45) is 17.4 Å². The van der Waals surface area contributed by atoms with E-state index in [0.29, 0.717) is 23.0 Å². The Morgan fingerprint density at radius 2 is 2.12 bits per heavy atom. The molecule has 5 N–H and O–H groups in total. The van der Waals surface area contributed by atoms with E-state index in [4.69, 9.17) is 23.1 Å². The van der Waals surface area contributed by atoms with Crippen molar-refractivity contribution in [2.45, 2.75) is 19.9 Å². The number of hydrogen-bond acceptors (Lipinski definition) is 3. The maximum atomic E-state index is 11.0. The Hall–Kier alpha value is -1.26. The van der Waals surface area contributed by atoms with Crippen LogP contribution in [0.25, 0.3) is 0 Å². The van der Waals surface area contributed by atoms with Crippen molar-refractivity contribution in [1.82, 2.24) is 0 Å². The summed E-state index contributed by atoms with van der Waals surface area (Å²) in [5, 5.41) is 3.62. The molecule has 0 fully saturated rings. The van der Waals surface area contributed by atoms with E-state index in [2.05, 4.69) is 19.2 Å². The van der Waals surface area contributed by atoms with Crippen molar-refractivity contribution in [1.29, 1.82) is 0 Å². The van der Waals surface area contributed by atoms with E-state index in [1.54, 1.807) is 18.2 Å². The molecule has 0 spiro atoms. The summed E-state index contributed by atoms with van der Waals surface area (Å²) >= 11 is 5.96. The molecule has 0 saturated heterocycles. The van der Waals surface area contributed by atoms with E-state index in [1.807, 2.05) is 0 Å². The van der Waals surface area contributed by atoms with Crippen LogP contribution in [-0.2, 0) is 0 Å². The zero-order valence-electron chi connectivity index (χ0n) is 10.0. The van der Waals surface area contributed by atoms with Gasteiger partial charge in [-0.1, -0.05) is 25.4 Å². The highest BCUT2D eigenvalue weighted by Gasteiger charge is 2.12. The third-order valence-electron chi connectivity index (χ3n) is 2.65. The van der Waals surface area contributed by atoms with Gasteiger partial charge in [-0.15, -0.1) is 0 Å². The minimum absolute atomic E-state index is 0.172. The molecule has 1 aromatic carbocycles. The smallest absolute Gasteiger partial charge is 0.250 e. The van der Waals surface area contributed by atoms with E-state index in [-0.39, 0.29) is 6.04 Å². The van der Waals surface area contributed by atoms with Crippen molar-refractivity contribution in [3.63, 3.8) is 0 Å². The molecular formula is C12H18ClN3O. The van der Waals surface area contributed by atoms with Gasteiger partial charge in [0.25, 0.3) is 0 Å². The molecular weight excluding hydrogens is 238 g/mol. The van der Waals surface area contributed by atoms with E-state index in [0.717, 1.165) is 5.69 Å². The molecule has 1 amide bonds. The van der Waals surface area contributed by atoms with Crippen molar-refractivity contribution in [3.05, 3.63) is 28.8 Å². The minimum Gasteiger partial charge on any atom is -0.381 e. The number of nitrogens with two attached hydrogens (primary N) is 2. The zero-order chi connectivity index (χ0) is 13.0. The maximum Gasteiger partial charge on any atom is 0.250 e. The van der Waals surface area contributed by atoms with Crippen molar-refractivity contribution in [2.75, 3.05) is 11.9 Å². The standard InChI is InChI=1S/C12H18ClN3O/c1-7(2)11(6-14)16-8-3-4-9(12(15)17)10(13)5-8/h3-5,7,11,16H,6,14H2,1-2H3,(H2,15,17). The average molecular weight is 256 g/mol. The number of amides is 1. The molecule has 0 radical (unpaired) electrons. The summed E-state index contributed by atoms with van der Waals surface area (Å²) < 4.78 is 0. The summed E-state index contributed by atoms with van der Waals surface area (Å²) in [5.74, 6) is -0.115. The number of halogens is 1. The van der Waals surface area contributed by atoms with Crippen LogP contribution < -0.4 is 16.8 Å². The van der Waals surface area contributed by atoms with Crippen molar-refractivity contribution < 1.29 is 4.79 Å². The highest BCUT2D eigenvalue weighted by atomic mass is 35.5. The quantitative estimate of drug-likeness (QED) is 0.751. The first-order chi connectivity index (χ1) is 7.95. The molecule has 0 aromatic heterocycles. The van der Waals surface area contributed by atoms with Gasteiger partial charge in [0.05, 0.1) is 10.6 Å². The SMILES string of the molecule is CC(C)C(CN)Nc1ccc(C(N)=O)c(Cl)c1. The van der Waals surface area contributed by atoms with Gasteiger partial charge in [-0.25, -0.2) is 0 Å². The summed E-state index contributed by atoms with van der Waals surface area (Å²) in [6.45, 7) is 4.71. The Bertz CT molecular complexity index is 407. The van der Waals surface area contributed by atoms with Crippen LogP contribution in [0.5, 0.6) is 0 Å². The van der Waals surface area contributed by atoms with Gasteiger partial charge in [-0.3, -0.25) is 4.79 Å². The Kier molecular flexibility index (Phi) is 4.78. The molecule has 1 rings (SSSR count). The first-order valence-electron chi connectivity index (χ1n) is 5.51. The number of nitrogens with one attached hydrogen (secondary N) is 1. The van der Waals surface area contributed by atoms with Gasteiger partial charge in [-0.05, 0) is 24.1 Å². The molecule has 0 aliphatic rings. The normalized spacial score (nSPS) is 12.5. The minimum atomic E-state index is -0.527. The second-order valence-corrected chi connectivity index (χ2v) is 4.70. The lowest BCUT2D eigenvalue weighted by molar-refractivity contribution is 0.100. The van der Waals surface area contributed by atoms with Crippen LogP contribution in [0.2, 0.25) is 5.02 Å². The van der Waals surface area contributed by atoms with E-state index in [1.165, 1.54) is 0 Å². The predicted molar refractivity (Wildman–Crippen MR) is 71.3 cm³/mol. The summed E-state index contributed by atoms with van der Waals surface area (Å²) in [6, 6.07) is 5.25. The molecule has 5 heteroatoms. The highest BCUT2D eigenvalue weighted by molar-refractivity contribution is 6.34. The fourth-order valence-corrected chi connectivity index (χ4v) is 1.79. The topological polar surface area (TPSA) is 81.1 Å². The fourth-order valence-electron chi connectivity index (χ4n) is 1.52. The van der Waals surface area contributed by atoms with Gasteiger partial charge >= 0.3 is 0 Å². The number of hydrogen-bond donors (Lipinski definition) is 3. The predicted octanol–water partition coefficient (Wildman–Crippen LogP) is 1.83. The molecule has 94 valence electrons. The Morgan fingerprint density at radius 1 is 1.47 bits per heavy atom. The van der Waals surface area contributed by atoms with Crippen LogP contribution in [0.1, 0.15) is 24.2 Å². The number of rotatable bonds is 5. The van der Waals surface area contributed by atoms with Gasteiger partial charge in [0, 0.05) is 18.3 Å². The van der Waals surface area contributed by atoms with E-state index in [9.17, 15) is 4.79 Å². The molecule has 0 aliphatic carbocycles. The van der Waals surface area contributed by atoms with Gasteiger partial charge in [-0.2, -0.15) is 0 Å². The fraction of sp³-hybridized carbons (Fsp3) is 0.417. The summed E-state index contributed by atoms with van der Waals surface area (Å²) in [6.07, 6.45) is 0. The summed E-state index contributed by atoms with van der Waals surface area (Å²) in [4.78, 5) is 11.0. The molecule has 1 unspecified atom stereocenters. The molecule has 0 heterocycles. The lowest BCUT2D eigenvalue weighted by Gasteiger charge is -2.22. The van der Waals surface area contributed by atoms with Crippen LogP contribution in [-0.4, -0.2) is 18.5 Å². The third-order valence-corrected chi connectivity index (χ3v) is 2.96. The molecule has 0 saturated carbocycles. The second-order valence-electron chi connectivity index (χ2n) is 4.29. The number of benzene rings is 1. The third kappa shape index (κ3) is 3.61. The van der Waals surface area contributed by atoms with Gasteiger partial charge in [0.2, 0.25) is 5.91 Å². The van der Waals surface area contributed by atoms with Crippen LogP contribution in [0.15, 0.2) is 18.2 Å². The van der Waals surface area contributed by atoms with Crippen molar-refractivity contribution in [3.8, 4) is 0 Å². The lowest BCUT2D eigenvalue weighted by Crippen LogP contribution is -2.33. The Balaban J connectivity index is 2.87. The van der Waals surface area contributed by atoms with Crippen LogP contribution in [0.4, 0.5) is 5.69 Å². The Morgan fingerprint density at radius 3 is 2.53 bits per heavy atom. The first kappa shape index (κ1) is 13.8. The summed E-state index contributed by atoms with van der Waals surface area (Å²) in [5.41, 5.74) is 12.0. The van der Waals surface area contributed by atoms with E-state index >= 15 is 0 Å². The van der Waals surface area contributed by atoms with Crippen LogP contribution in [0.3, 0.4) is 0 Å². The van der Waals surface area contributed by atoms with Crippen LogP contribution >= 0.6 is 11.6 Å². The number of carbonyl (C=O) groups excluding carboxylic acids is 1. The molecule has 4 nitrogen and oxygen atoms in total. The zero-order valence-corrected chi connectivity index (χ0v) is 10.8. The average Bonchev–Trinajstić information content (AvgIpc) is 2.24. The number of anilines is 1. The monoisotopic (exact) mass is 255 g/mol.